The molecule has 0 saturated carbocycles. The van der Waals surface area contributed by atoms with Gasteiger partial charge in [0.2, 0.25) is 0 Å². The van der Waals surface area contributed by atoms with E-state index in [0.717, 1.165) is 11.3 Å². The Bertz CT molecular complexity index is 613. The summed E-state index contributed by atoms with van der Waals surface area (Å²) in [4.78, 5) is 2.09. The van der Waals surface area contributed by atoms with Gasteiger partial charge in [-0.2, -0.15) is 0 Å². The highest BCUT2D eigenvalue weighted by molar-refractivity contribution is 6.04. The second-order valence-electron chi connectivity index (χ2n) is 7.09. The predicted octanol–water partition coefficient (Wildman–Crippen LogP) is 4.77. The molecular formula is C19H26N2. The van der Waals surface area contributed by atoms with Crippen LogP contribution in [0.25, 0.3) is 0 Å². The van der Waals surface area contributed by atoms with Gasteiger partial charge in [-0.1, -0.05) is 50.6 Å². The first-order valence-electron chi connectivity index (χ1n) is 7.47. The van der Waals surface area contributed by atoms with Crippen molar-refractivity contribution in [2.24, 2.45) is 5.41 Å². The van der Waals surface area contributed by atoms with Gasteiger partial charge in [-0.3, -0.25) is 0 Å². The van der Waals surface area contributed by atoms with Crippen LogP contribution in [0, 0.1) is 10.8 Å². The largest absolute Gasteiger partial charge is 0.378 e. The molecule has 0 amide bonds. The molecule has 0 fully saturated rings. The zero-order valence-corrected chi connectivity index (χ0v) is 14.0. The summed E-state index contributed by atoms with van der Waals surface area (Å²) in [6, 6.07) is 6.47. The van der Waals surface area contributed by atoms with E-state index in [2.05, 4.69) is 69.0 Å². The lowest BCUT2D eigenvalue weighted by molar-refractivity contribution is 0.588. The van der Waals surface area contributed by atoms with E-state index in [1.807, 2.05) is 14.1 Å². The minimum absolute atomic E-state index is 0.152. The number of nitrogens with zero attached hydrogens (tertiary/aromatic N) is 1. The number of nitrogens with one attached hydrogen (secondary N) is 1. The normalized spacial score (nSPS) is 17.8. The Kier molecular flexibility index (Phi) is 4.08. The molecule has 0 saturated heterocycles. The van der Waals surface area contributed by atoms with Crippen molar-refractivity contribution in [3.8, 4) is 0 Å². The van der Waals surface area contributed by atoms with Crippen LogP contribution >= 0.6 is 0 Å². The molecule has 1 atom stereocenters. The maximum atomic E-state index is 8.61. The molecule has 1 aliphatic rings. The van der Waals surface area contributed by atoms with Crippen LogP contribution in [0.15, 0.2) is 42.0 Å². The van der Waals surface area contributed by atoms with Crippen molar-refractivity contribution in [1.29, 1.82) is 5.41 Å². The Morgan fingerprint density at radius 1 is 1.19 bits per heavy atom. The molecule has 1 unspecified atom stereocenters. The summed E-state index contributed by atoms with van der Waals surface area (Å²) in [7, 11) is 4.08. The first kappa shape index (κ1) is 15.6. The number of hydrogen-bond donors (Lipinski definition) is 1. The van der Waals surface area contributed by atoms with E-state index < -0.39 is 0 Å². The van der Waals surface area contributed by atoms with Crippen molar-refractivity contribution in [2.75, 3.05) is 19.0 Å². The third kappa shape index (κ3) is 3.26. The van der Waals surface area contributed by atoms with E-state index in [0.29, 0.717) is 11.6 Å². The third-order valence-corrected chi connectivity index (χ3v) is 3.94. The molecule has 112 valence electrons. The van der Waals surface area contributed by atoms with Crippen molar-refractivity contribution in [3.05, 3.63) is 53.1 Å². The lowest BCUT2D eigenvalue weighted by atomic mass is 9.81. The summed E-state index contributed by atoms with van der Waals surface area (Å²) in [6.45, 7) is 8.44. The fraction of sp³-hybridized carbons (Fsp3) is 0.421. The summed E-state index contributed by atoms with van der Waals surface area (Å²) in [5.74, 6) is 0.291. The number of allylic oxidation sites excluding steroid dienone is 4. The first-order valence-corrected chi connectivity index (χ1v) is 7.47. The second-order valence-corrected chi connectivity index (χ2v) is 7.09. The van der Waals surface area contributed by atoms with Crippen LogP contribution in [-0.4, -0.2) is 19.8 Å². The topological polar surface area (TPSA) is 27.1 Å². The van der Waals surface area contributed by atoms with Crippen LogP contribution in [0.1, 0.15) is 44.7 Å². The van der Waals surface area contributed by atoms with Gasteiger partial charge in [-0.05, 0) is 24.6 Å². The maximum Gasteiger partial charge on any atom is 0.0443 e. The molecule has 0 aliphatic heterocycles. The standard InChI is InChI=1S/C19H26N2/c1-13-7-8-14(11-13)16-10-9-15(21(5)6)12-17(16)18(20)19(2,3)4/h7-12,14,20H,1-6H3. The Morgan fingerprint density at radius 2 is 1.86 bits per heavy atom. The first-order chi connectivity index (χ1) is 9.70. The summed E-state index contributed by atoms with van der Waals surface area (Å²) >= 11 is 0. The third-order valence-electron chi connectivity index (χ3n) is 3.94. The Hall–Kier alpha value is -1.83. The number of hydrogen-bond acceptors (Lipinski definition) is 2. The van der Waals surface area contributed by atoms with Gasteiger partial charge in [0.1, 0.15) is 0 Å². The van der Waals surface area contributed by atoms with E-state index in [1.165, 1.54) is 11.1 Å². The van der Waals surface area contributed by atoms with Gasteiger partial charge in [0.15, 0.2) is 0 Å². The number of anilines is 1. The van der Waals surface area contributed by atoms with Crippen molar-refractivity contribution in [1.82, 2.24) is 0 Å². The molecule has 1 aliphatic carbocycles. The van der Waals surface area contributed by atoms with Gasteiger partial charge in [0.05, 0.1) is 0 Å². The SMILES string of the molecule is CC1=CC(c2ccc(N(C)C)cc2C(=N)C(C)(C)C)C=C1. The number of rotatable bonds is 3. The lowest BCUT2D eigenvalue weighted by Crippen LogP contribution is -2.23. The van der Waals surface area contributed by atoms with Gasteiger partial charge in [-0.25, -0.2) is 0 Å². The quantitative estimate of drug-likeness (QED) is 0.795. The molecule has 0 radical (unpaired) electrons. The van der Waals surface area contributed by atoms with Gasteiger partial charge in [-0.15, -0.1) is 0 Å². The van der Waals surface area contributed by atoms with Crippen LogP contribution in [0.4, 0.5) is 5.69 Å². The van der Waals surface area contributed by atoms with Gasteiger partial charge in [0.25, 0.3) is 0 Å². The Morgan fingerprint density at radius 3 is 2.33 bits per heavy atom. The molecule has 0 aromatic heterocycles. The molecule has 1 N–H and O–H groups in total. The molecule has 0 heterocycles. The summed E-state index contributed by atoms with van der Waals surface area (Å²) in [6.07, 6.45) is 6.65. The lowest BCUT2D eigenvalue weighted by Gasteiger charge is -2.25. The average molecular weight is 282 g/mol. The predicted molar refractivity (Wildman–Crippen MR) is 92.7 cm³/mol. The zero-order valence-electron chi connectivity index (χ0n) is 14.0. The fourth-order valence-corrected chi connectivity index (χ4v) is 2.58. The highest BCUT2D eigenvalue weighted by Gasteiger charge is 2.24. The summed E-state index contributed by atoms with van der Waals surface area (Å²) in [5.41, 5.74) is 5.28. The molecule has 0 spiro atoms. The minimum atomic E-state index is -0.152. The van der Waals surface area contributed by atoms with Crippen LogP contribution in [-0.2, 0) is 0 Å². The van der Waals surface area contributed by atoms with Crippen molar-refractivity contribution >= 4 is 11.4 Å². The molecule has 21 heavy (non-hydrogen) atoms. The van der Waals surface area contributed by atoms with Gasteiger partial charge < -0.3 is 10.3 Å². The Balaban J connectivity index is 2.55. The molecule has 2 heteroatoms. The van der Waals surface area contributed by atoms with Gasteiger partial charge in [0, 0.05) is 42.4 Å². The fourth-order valence-electron chi connectivity index (χ4n) is 2.58. The summed E-state index contributed by atoms with van der Waals surface area (Å²) < 4.78 is 0. The second kappa shape index (κ2) is 5.51. The highest BCUT2D eigenvalue weighted by atomic mass is 15.1. The average Bonchev–Trinajstić information content (AvgIpc) is 2.82. The molecular weight excluding hydrogens is 256 g/mol. The monoisotopic (exact) mass is 282 g/mol. The molecule has 2 nitrogen and oxygen atoms in total. The molecule has 0 bridgehead atoms. The zero-order chi connectivity index (χ0) is 15.8. The van der Waals surface area contributed by atoms with Crippen LogP contribution in [0.2, 0.25) is 0 Å². The van der Waals surface area contributed by atoms with Gasteiger partial charge >= 0.3 is 0 Å². The smallest absolute Gasteiger partial charge is 0.0443 e. The van der Waals surface area contributed by atoms with E-state index in [-0.39, 0.29) is 5.41 Å². The highest BCUT2D eigenvalue weighted by Crippen LogP contribution is 2.34. The van der Waals surface area contributed by atoms with Crippen molar-refractivity contribution in [3.63, 3.8) is 0 Å². The molecule has 2 rings (SSSR count). The van der Waals surface area contributed by atoms with Crippen molar-refractivity contribution in [2.45, 2.75) is 33.6 Å². The van der Waals surface area contributed by atoms with Crippen LogP contribution < -0.4 is 4.90 Å². The van der Waals surface area contributed by atoms with Crippen LogP contribution in [0.3, 0.4) is 0 Å². The molecule has 1 aromatic rings. The number of benzene rings is 1. The summed E-state index contributed by atoms with van der Waals surface area (Å²) in [5, 5.41) is 8.61. The molecule has 1 aromatic carbocycles. The van der Waals surface area contributed by atoms with E-state index in [4.69, 9.17) is 5.41 Å². The van der Waals surface area contributed by atoms with Crippen LogP contribution in [0.5, 0.6) is 0 Å². The van der Waals surface area contributed by atoms with Crippen molar-refractivity contribution < 1.29 is 0 Å². The Labute approximate surface area is 128 Å². The van der Waals surface area contributed by atoms with E-state index in [9.17, 15) is 0 Å². The minimum Gasteiger partial charge on any atom is -0.378 e. The van der Waals surface area contributed by atoms with E-state index in [1.54, 1.807) is 0 Å². The maximum absolute atomic E-state index is 8.61. The van der Waals surface area contributed by atoms with E-state index >= 15 is 0 Å².